The van der Waals surface area contributed by atoms with Gasteiger partial charge in [0.05, 0.1) is 22.2 Å². The molecule has 0 spiro atoms. The van der Waals surface area contributed by atoms with E-state index in [1.54, 1.807) is 94.9 Å². The van der Waals surface area contributed by atoms with Crippen LogP contribution in [0.2, 0.25) is 0 Å². The Kier molecular flexibility index (Phi) is 12.9. The average molecular weight is 899 g/mol. The standard InChI is InChI=1S/C24H26N4O2S.C24H24N4O2S.CH4O/c2*1-17-8-10-18(11-9-17)19-12-22-23(20-14-26-27(2)15-20)16-28(24(22)25-13-19)31(29,30)21-6-4-3-5-7-21;1-2/h3-7,12-18H,8-11H2,1-2H3;3-7,10,12-17H,8-9,11H2,1-2H3;2H,1H3. The maximum atomic E-state index is 13.4. The van der Waals surface area contributed by atoms with Crippen LogP contribution in [-0.2, 0) is 34.1 Å². The second kappa shape index (κ2) is 18.5. The van der Waals surface area contributed by atoms with E-state index in [2.05, 4.69) is 52.2 Å². The van der Waals surface area contributed by atoms with Crippen molar-refractivity contribution in [1.82, 2.24) is 37.5 Å². The largest absolute Gasteiger partial charge is 0.400 e. The predicted molar refractivity (Wildman–Crippen MR) is 251 cm³/mol. The van der Waals surface area contributed by atoms with Gasteiger partial charge in [0.1, 0.15) is 0 Å². The molecule has 1 unspecified atom stereocenters. The van der Waals surface area contributed by atoms with Crippen LogP contribution in [0.4, 0.5) is 0 Å². The third-order valence-corrected chi connectivity index (χ3v) is 15.7. The van der Waals surface area contributed by atoms with Gasteiger partial charge in [-0.25, -0.2) is 34.7 Å². The van der Waals surface area contributed by atoms with Gasteiger partial charge in [-0.15, -0.1) is 0 Å². The molecule has 332 valence electrons. The average Bonchev–Trinajstić information content (AvgIpc) is 4.13. The molecular weight excluding hydrogens is 845 g/mol. The lowest BCUT2D eigenvalue weighted by atomic mass is 9.80. The van der Waals surface area contributed by atoms with Gasteiger partial charge >= 0.3 is 0 Å². The van der Waals surface area contributed by atoms with E-state index in [1.165, 1.54) is 31.9 Å². The Morgan fingerprint density at radius 3 is 1.55 bits per heavy atom. The molecule has 0 aliphatic heterocycles. The lowest BCUT2D eigenvalue weighted by Gasteiger charge is -2.26. The lowest BCUT2D eigenvalue weighted by molar-refractivity contribution is 0.348. The zero-order valence-corrected chi connectivity index (χ0v) is 38.4. The first kappa shape index (κ1) is 44.4. The van der Waals surface area contributed by atoms with Crippen LogP contribution >= 0.6 is 0 Å². The minimum absolute atomic E-state index is 0.236. The summed E-state index contributed by atoms with van der Waals surface area (Å²) in [6.07, 6.45) is 24.6. The molecular formula is C49H54N8O5S2. The Labute approximate surface area is 374 Å². The van der Waals surface area contributed by atoms with Gasteiger partial charge in [0.2, 0.25) is 0 Å². The Hall–Kier alpha value is -6.16. The Balaban J connectivity index is 0.000000169. The van der Waals surface area contributed by atoms with Crippen LogP contribution in [0.25, 0.3) is 49.9 Å². The highest BCUT2D eigenvalue weighted by atomic mass is 32.2. The monoisotopic (exact) mass is 898 g/mol. The molecule has 0 radical (unpaired) electrons. The molecule has 1 atom stereocenters. The number of nitrogens with zero attached hydrogens (tertiary/aromatic N) is 8. The van der Waals surface area contributed by atoms with Crippen LogP contribution < -0.4 is 0 Å². The van der Waals surface area contributed by atoms with E-state index in [1.807, 2.05) is 38.8 Å². The summed E-state index contributed by atoms with van der Waals surface area (Å²) in [7, 11) is -2.84. The van der Waals surface area contributed by atoms with Gasteiger partial charge in [0.25, 0.3) is 20.0 Å². The first-order chi connectivity index (χ1) is 30.9. The lowest BCUT2D eigenvalue weighted by Crippen LogP contribution is -2.13. The summed E-state index contributed by atoms with van der Waals surface area (Å²) in [6, 6.07) is 21.2. The molecule has 8 aromatic rings. The summed E-state index contributed by atoms with van der Waals surface area (Å²) < 4.78 is 59.7. The first-order valence-corrected chi connectivity index (χ1v) is 24.5. The fourth-order valence-electron chi connectivity index (χ4n) is 8.75. The number of rotatable bonds is 8. The summed E-state index contributed by atoms with van der Waals surface area (Å²) in [5.74, 6) is 1.95. The SMILES string of the molecule is CC1CC=C(c2cnc3c(c2)c(-c2cnn(C)c2)cn3S(=O)(=O)c2ccccc2)CC1.CC1CCC(c2cnc3c(c2)c(-c2cnn(C)c2)cn3S(=O)(=O)c2ccccc2)CC1.CO. The number of allylic oxidation sites excluding steroid dienone is 2. The van der Waals surface area contributed by atoms with Gasteiger partial charge in [-0.1, -0.05) is 69.2 Å². The van der Waals surface area contributed by atoms with Crippen molar-refractivity contribution in [2.24, 2.45) is 25.9 Å². The zero-order chi connectivity index (χ0) is 45.2. The maximum absolute atomic E-state index is 13.4. The minimum atomic E-state index is -3.78. The van der Waals surface area contributed by atoms with Crippen molar-refractivity contribution in [3.8, 4) is 22.3 Å². The molecule has 6 heterocycles. The van der Waals surface area contributed by atoms with Crippen molar-refractivity contribution in [3.05, 3.63) is 140 Å². The van der Waals surface area contributed by atoms with Crippen LogP contribution in [0.15, 0.2) is 138 Å². The van der Waals surface area contributed by atoms with E-state index in [-0.39, 0.29) is 9.79 Å². The third-order valence-electron chi connectivity index (χ3n) is 12.4. The van der Waals surface area contributed by atoms with E-state index in [9.17, 15) is 16.8 Å². The van der Waals surface area contributed by atoms with Crippen LogP contribution in [0.5, 0.6) is 0 Å². The van der Waals surface area contributed by atoms with Crippen molar-refractivity contribution in [3.63, 3.8) is 0 Å². The Morgan fingerprint density at radius 1 is 0.578 bits per heavy atom. The molecule has 6 aromatic heterocycles. The molecule has 1 N–H and O–H groups in total. The van der Waals surface area contributed by atoms with Crippen LogP contribution in [-0.4, -0.2) is 66.5 Å². The highest BCUT2D eigenvalue weighted by Crippen LogP contribution is 2.40. The number of aryl methyl sites for hydroxylation is 2. The number of pyridine rings is 2. The molecule has 0 bridgehead atoms. The fourth-order valence-corrected chi connectivity index (χ4v) is 11.4. The molecule has 15 heteroatoms. The molecule has 2 aliphatic carbocycles. The van der Waals surface area contributed by atoms with Crippen LogP contribution in [0.1, 0.15) is 75.8 Å². The highest BCUT2D eigenvalue weighted by Gasteiger charge is 2.27. The van der Waals surface area contributed by atoms with Gasteiger partial charge in [-0.3, -0.25) is 9.36 Å². The minimum Gasteiger partial charge on any atom is -0.400 e. The zero-order valence-electron chi connectivity index (χ0n) is 36.8. The summed E-state index contributed by atoms with van der Waals surface area (Å²) in [5, 5.41) is 17.2. The van der Waals surface area contributed by atoms with Crippen LogP contribution in [0.3, 0.4) is 0 Å². The fraction of sp³-hybridized carbons (Fsp3) is 0.306. The van der Waals surface area contributed by atoms with Crippen LogP contribution in [0, 0.1) is 11.8 Å². The second-order valence-electron chi connectivity index (χ2n) is 16.9. The topological polar surface area (TPSA) is 160 Å². The van der Waals surface area contributed by atoms with Crippen molar-refractivity contribution >= 4 is 47.7 Å². The molecule has 1 fully saturated rings. The van der Waals surface area contributed by atoms with Crippen molar-refractivity contribution in [1.29, 1.82) is 0 Å². The van der Waals surface area contributed by atoms with E-state index in [0.717, 1.165) is 83.7 Å². The Bertz CT molecular complexity index is 3160. The predicted octanol–water partition coefficient (Wildman–Crippen LogP) is 9.45. The number of hydrogen-bond acceptors (Lipinski definition) is 9. The third kappa shape index (κ3) is 8.84. The highest BCUT2D eigenvalue weighted by molar-refractivity contribution is 7.90. The van der Waals surface area contributed by atoms with E-state index < -0.39 is 20.0 Å². The quantitative estimate of drug-likeness (QED) is 0.157. The summed E-state index contributed by atoms with van der Waals surface area (Å²) in [6.45, 7) is 4.58. The van der Waals surface area contributed by atoms with E-state index in [0.29, 0.717) is 23.1 Å². The van der Waals surface area contributed by atoms with Crippen molar-refractivity contribution in [2.45, 2.75) is 74.5 Å². The molecule has 2 aromatic carbocycles. The number of benzene rings is 2. The number of aromatic nitrogens is 8. The normalized spacial score (nSPS) is 17.9. The molecule has 2 aliphatic rings. The van der Waals surface area contributed by atoms with Gasteiger partial charge in [-0.05, 0) is 103 Å². The number of hydrogen-bond donors (Lipinski definition) is 1. The number of aliphatic hydroxyl groups excluding tert-OH is 1. The number of fused-ring (bicyclic) bond motifs is 2. The van der Waals surface area contributed by atoms with E-state index >= 15 is 0 Å². The van der Waals surface area contributed by atoms with Gasteiger partial charge < -0.3 is 5.11 Å². The first-order valence-electron chi connectivity index (χ1n) is 21.6. The summed E-state index contributed by atoms with van der Waals surface area (Å²) in [4.78, 5) is 9.80. The smallest absolute Gasteiger partial charge is 0.269 e. The Morgan fingerprint density at radius 2 is 1.08 bits per heavy atom. The number of aliphatic hydroxyl groups is 1. The molecule has 1 saturated carbocycles. The van der Waals surface area contributed by atoms with Crippen molar-refractivity contribution in [2.75, 3.05) is 7.11 Å². The van der Waals surface area contributed by atoms with Gasteiger partial charge in [0.15, 0.2) is 11.3 Å². The maximum Gasteiger partial charge on any atom is 0.269 e. The van der Waals surface area contributed by atoms with Gasteiger partial charge in [0, 0.05) is 91.4 Å². The molecule has 64 heavy (non-hydrogen) atoms. The molecule has 13 nitrogen and oxygen atoms in total. The van der Waals surface area contributed by atoms with Crippen molar-refractivity contribution < 1.29 is 21.9 Å². The second-order valence-corrected chi connectivity index (χ2v) is 20.5. The molecule has 10 rings (SSSR count). The van der Waals surface area contributed by atoms with Gasteiger partial charge in [-0.2, -0.15) is 10.2 Å². The summed E-state index contributed by atoms with van der Waals surface area (Å²) >= 11 is 0. The molecule has 0 amide bonds. The van der Waals surface area contributed by atoms with E-state index in [4.69, 9.17) is 5.11 Å². The summed E-state index contributed by atoms with van der Waals surface area (Å²) in [5.41, 5.74) is 7.79. The molecule has 0 saturated heterocycles.